The first-order chi connectivity index (χ1) is 4.09. The summed E-state index contributed by atoms with van der Waals surface area (Å²) in [6, 6.07) is 0. The molecule has 0 bridgehead atoms. The number of hydrogen-bond donors (Lipinski definition) is 1. The molecule has 0 rings (SSSR count). The standard InChI is InChI=1S/C4H5NO4/c1-2(6)3(5-9)4(7)8/h6H,1H3,(H,7,8)/p-1. The molecule has 0 radical (unpaired) electrons. The number of nitroso groups, excluding NO2 is 1. The van der Waals surface area contributed by atoms with Gasteiger partial charge in [0.05, 0.1) is 0 Å². The first-order valence-corrected chi connectivity index (χ1v) is 2.04. The highest BCUT2D eigenvalue weighted by molar-refractivity contribution is 5.86. The van der Waals surface area contributed by atoms with Crippen LogP contribution in [0.25, 0.3) is 0 Å². The Morgan fingerprint density at radius 3 is 2.11 bits per heavy atom. The SMILES string of the molecule is CC([O-])=C(N=O)C(=O)O. The minimum Gasteiger partial charge on any atom is -0.874 e. The van der Waals surface area contributed by atoms with Crippen molar-refractivity contribution in [1.82, 2.24) is 0 Å². The third-order valence-electron chi connectivity index (χ3n) is 0.627. The van der Waals surface area contributed by atoms with E-state index in [9.17, 15) is 14.8 Å². The van der Waals surface area contributed by atoms with E-state index in [2.05, 4.69) is 0 Å². The third kappa shape index (κ3) is 1.89. The smallest absolute Gasteiger partial charge is 0.357 e. The van der Waals surface area contributed by atoms with Gasteiger partial charge in [-0.2, -0.15) is 0 Å². The Morgan fingerprint density at radius 2 is 2.11 bits per heavy atom. The van der Waals surface area contributed by atoms with E-state index in [0.717, 1.165) is 6.92 Å². The summed E-state index contributed by atoms with van der Waals surface area (Å²) < 4.78 is 0. The third-order valence-corrected chi connectivity index (χ3v) is 0.627. The molecule has 0 aromatic heterocycles. The average Bonchev–Trinajstić information content (AvgIpc) is 1.64. The summed E-state index contributed by atoms with van der Waals surface area (Å²) in [6.07, 6.45) is 0. The van der Waals surface area contributed by atoms with Crippen LogP contribution in [0.3, 0.4) is 0 Å². The first kappa shape index (κ1) is 7.61. The van der Waals surface area contributed by atoms with Crippen LogP contribution in [0.4, 0.5) is 0 Å². The van der Waals surface area contributed by atoms with Crippen molar-refractivity contribution < 1.29 is 15.0 Å². The molecule has 50 valence electrons. The molecule has 0 aliphatic heterocycles. The van der Waals surface area contributed by atoms with E-state index in [1.807, 2.05) is 5.18 Å². The number of carboxylic acid groups (broad SMARTS) is 1. The molecule has 0 aliphatic carbocycles. The number of hydrogen-bond acceptors (Lipinski definition) is 4. The highest BCUT2D eigenvalue weighted by Crippen LogP contribution is 1.97. The zero-order valence-corrected chi connectivity index (χ0v) is 4.62. The maximum Gasteiger partial charge on any atom is 0.357 e. The van der Waals surface area contributed by atoms with Crippen LogP contribution in [-0.2, 0) is 4.79 Å². The molecule has 5 heteroatoms. The van der Waals surface area contributed by atoms with Crippen molar-refractivity contribution in [2.24, 2.45) is 5.18 Å². The van der Waals surface area contributed by atoms with Crippen molar-refractivity contribution in [3.8, 4) is 0 Å². The number of nitrogens with zero attached hydrogens (tertiary/aromatic N) is 1. The van der Waals surface area contributed by atoms with E-state index in [1.165, 1.54) is 0 Å². The molecule has 0 atom stereocenters. The fourth-order valence-corrected chi connectivity index (χ4v) is 0.254. The van der Waals surface area contributed by atoms with Gasteiger partial charge in [-0.3, -0.25) is 0 Å². The molecule has 9 heavy (non-hydrogen) atoms. The predicted molar refractivity (Wildman–Crippen MR) is 26.1 cm³/mol. The van der Waals surface area contributed by atoms with Gasteiger partial charge in [-0.05, 0) is 5.18 Å². The zero-order valence-electron chi connectivity index (χ0n) is 4.62. The quantitative estimate of drug-likeness (QED) is 0.308. The van der Waals surface area contributed by atoms with Crippen LogP contribution < -0.4 is 5.11 Å². The summed E-state index contributed by atoms with van der Waals surface area (Å²) in [5.74, 6) is -2.42. The van der Waals surface area contributed by atoms with E-state index in [4.69, 9.17) is 5.11 Å². The van der Waals surface area contributed by atoms with Gasteiger partial charge in [0.25, 0.3) is 0 Å². The van der Waals surface area contributed by atoms with Crippen LogP contribution in [0, 0.1) is 4.91 Å². The highest BCUT2D eigenvalue weighted by Gasteiger charge is 2.04. The molecule has 1 N–H and O–H groups in total. The molecular formula is C4H4NO4-. The van der Waals surface area contributed by atoms with Crippen LogP contribution in [0.2, 0.25) is 0 Å². The van der Waals surface area contributed by atoms with Crippen molar-refractivity contribution in [1.29, 1.82) is 0 Å². The van der Waals surface area contributed by atoms with E-state index in [-0.39, 0.29) is 0 Å². The average molecular weight is 130 g/mol. The van der Waals surface area contributed by atoms with Crippen LogP contribution in [0.5, 0.6) is 0 Å². The number of aliphatic carboxylic acids is 1. The van der Waals surface area contributed by atoms with Gasteiger partial charge in [-0.1, -0.05) is 12.7 Å². The molecule has 0 unspecified atom stereocenters. The van der Waals surface area contributed by atoms with Gasteiger partial charge >= 0.3 is 5.97 Å². The Labute approximate surface area is 50.6 Å². The lowest BCUT2D eigenvalue weighted by molar-refractivity contribution is -0.303. The molecule has 0 heterocycles. The summed E-state index contributed by atoms with van der Waals surface area (Å²) in [5.41, 5.74) is -0.963. The van der Waals surface area contributed by atoms with Gasteiger partial charge in [0, 0.05) is 0 Å². The lowest BCUT2D eigenvalue weighted by Gasteiger charge is -2.02. The molecule has 0 saturated heterocycles. The van der Waals surface area contributed by atoms with Gasteiger partial charge in [-0.25, -0.2) is 4.79 Å². The Balaban J connectivity index is 4.55. The Bertz CT molecular complexity index is 167. The van der Waals surface area contributed by atoms with E-state index >= 15 is 0 Å². The van der Waals surface area contributed by atoms with Crippen LogP contribution in [0.15, 0.2) is 16.6 Å². The highest BCUT2D eigenvalue weighted by atomic mass is 16.4. The Morgan fingerprint density at radius 1 is 1.67 bits per heavy atom. The maximum absolute atomic E-state index is 10.1. The normalized spacial score (nSPS) is 12.1. The molecule has 0 spiro atoms. The van der Waals surface area contributed by atoms with Crippen LogP contribution in [0.1, 0.15) is 6.92 Å². The molecule has 0 saturated carbocycles. The maximum atomic E-state index is 10.1. The van der Waals surface area contributed by atoms with Crippen molar-refractivity contribution in [3.63, 3.8) is 0 Å². The number of allylic oxidation sites excluding steroid dienone is 1. The second-order valence-corrected chi connectivity index (χ2v) is 1.30. The summed E-state index contributed by atoms with van der Waals surface area (Å²) >= 11 is 0. The zero-order chi connectivity index (χ0) is 7.44. The second-order valence-electron chi connectivity index (χ2n) is 1.30. The van der Waals surface area contributed by atoms with Crippen LogP contribution in [-0.4, -0.2) is 11.1 Å². The van der Waals surface area contributed by atoms with Gasteiger partial charge in [0.1, 0.15) is 0 Å². The molecule has 0 aliphatic rings. The number of carbonyl (C=O) groups is 1. The predicted octanol–water partition coefficient (Wildman–Crippen LogP) is -0.571. The summed E-state index contributed by atoms with van der Waals surface area (Å²) in [6.45, 7) is 0.963. The number of rotatable bonds is 2. The summed E-state index contributed by atoms with van der Waals surface area (Å²) in [4.78, 5) is 19.3. The molecule has 0 aromatic carbocycles. The summed E-state index contributed by atoms with van der Waals surface area (Å²) in [5, 5.41) is 20.1. The second kappa shape index (κ2) is 2.81. The van der Waals surface area contributed by atoms with Gasteiger partial charge in [-0.15, -0.1) is 4.91 Å². The van der Waals surface area contributed by atoms with E-state index in [0.29, 0.717) is 0 Å². The van der Waals surface area contributed by atoms with Crippen molar-refractivity contribution >= 4 is 5.97 Å². The van der Waals surface area contributed by atoms with Crippen molar-refractivity contribution in [3.05, 3.63) is 16.4 Å². The Kier molecular flexibility index (Phi) is 2.37. The largest absolute Gasteiger partial charge is 0.874 e. The van der Waals surface area contributed by atoms with Gasteiger partial charge in [0.15, 0.2) is 5.70 Å². The minimum absolute atomic E-state index is 0.836. The van der Waals surface area contributed by atoms with E-state index < -0.39 is 17.4 Å². The van der Waals surface area contributed by atoms with Gasteiger partial charge in [0.2, 0.25) is 0 Å². The molecule has 0 fully saturated rings. The molecule has 0 aromatic rings. The molecule has 5 nitrogen and oxygen atoms in total. The number of carboxylic acids is 1. The first-order valence-electron chi connectivity index (χ1n) is 2.04. The van der Waals surface area contributed by atoms with E-state index in [1.54, 1.807) is 0 Å². The fourth-order valence-electron chi connectivity index (χ4n) is 0.254. The summed E-state index contributed by atoms with van der Waals surface area (Å²) in [7, 11) is 0. The van der Waals surface area contributed by atoms with Crippen molar-refractivity contribution in [2.45, 2.75) is 6.92 Å². The van der Waals surface area contributed by atoms with Crippen LogP contribution >= 0.6 is 0 Å². The lowest BCUT2D eigenvalue weighted by Crippen LogP contribution is -2.08. The fraction of sp³-hybridized carbons (Fsp3) is 0.250. The lowest BCUT2D eigenvalue weighted by atomic mass is 10.4. The topological polar surface area (TPSA) is 89.8 Å². The molecule has 0 amide bonds. The van der Waals surface area contributed by atoms with Crippen molar-refractivity contribution in [2.75, 3.05) is 0 Å². The Hall–Kier alpha value is -1.39. The minimum atomic E-state index is -1.59. The monoisotopic (exact) mass is 130 g/mol. The van der Waals surface area contributed by atoms with Gasteiger partial charge < -0.3 is 10.2 Å². The molecular weight excluding hydrogens is 126 g/mol.